The summed E-state index contributed by atoms with van der Waals surface area (Å²) in [5, 5.41) is 0. The zero-order chi connectivity index (χ0) is 25.8. The van der Waals surface area contributed by atoms with Gasteiger partial charge in [0.25, 0.3) is 10.0 Å². The molecule has 4 heterocycles. The molecule has 11 heteroatoms. The van der Waals surface area contributed by atoms with Gasteiger partial charge in [-0.25, -0.2) is 17.8 Å². The van der Waals surface area contributed by atoms with Crippen molar-refractivity contribution in [2.24, 2.45) is 0 Å². The summed E-state index contributed by atoms with van der Waals surface area (Å²) in [5.74, 6) is -0.303. The number of nitrogens with one attached hydrogen (secondary N) is 1. The number of pyridine rings is 2. The Hall–Kier alpha value is -3.28. The number of halogens is 1. The molecule has 0 radical (unpaired) electrons. The predicted molar refractivity (Wildman–Crippen MR) is 139 cm³/mol. The van der Waals surface area contributed by atoms with Gasteiger partial charge in [0.2, 0.25) is 5.88 Å². The summed E-state index contributed by atoms with van der Waals surface area (Å²) in [7, 11) is -2.67. The second kappa shape index (κ2) is 11.0. The molecule has 0 saturated carbocycles. The molecule has 2 saturated heterocycles. The minimum absolute atomic E-state index is 0.00514. The first kappa shape index (κ1) is 25.4. The molecular formula is C26H30FN5O4S. The van der Waals surface area contributed by atoms with Crippen LogP contribution in [-0.2, 0) is 21.3 Å². The van der Waals surface area contributed by atoms with Gasteiger partial charge in [-0.05, 0) is 50.2 Å². The van der Waals surface area contributed by atoms with Crippen molar-refractivity contribution in [1.82, 2.24) is 14.9 Å². The summed E-state index contributed by atoms with van der Waals surface area (Å²) in [5.41, 5.74) is 2.63. The van der Waals surface area contributed by atoms with Crippen LogP contribution in [0.5, 0.6) is 5.88 Å². The second-order valence-electron chi connectivity index (χ2n) is 9.13. The van der Waals surface area contributed by atoms with E-state index in [2.05, 4.69) is 19.6 Å². The Balaban J connectivity index is 1.37. The van der Waals surface area contributed by atoms with Gasteiger partial charge >= 0.3 is 0 Å². The van der Waals surface area contributed by atoms with E-state index in [0.717, 1.165) is 25.9 Å². The van der Waals surface area contributed by atoms with Crippen LogP contribution in [0, 0.1) is 5.82 Å². The molecule has 1 N–H and O–H groups in total. The number of nitrogens with zero attached hydrogens (tertiary/aromatic N) is 4. The van der Waals surface area contributed by atoms with E-state index < -0.39 is 10.0 Å². The number of aromatic nitrogens is 2. The molecule has 0 atom stereocenters. The molecule has 2 aliphatic rings. The minimum atomic E-state index is -4.05. The van der Waals surface area contributed by atoms with Gasteiger partial charge < -0.3 is 14.4 Å². The molecule has 1 aromatic carbocycles. The fourth-order valence-electron chi connectivity index (χ4n) is 4.64. The van der Waals surface area contributed by atoms with Crippen LogP contribution in [0.4, 0.5) is 15.8 Å². The number of likely N-dealkylation sites (tertiary alicyclic amines) is 1. The molecule has 2 aromatic heterocycles. The third kappa shape index (κ3) is 5.84. The summed E-state index contributed by atoms with van der Waals surface area (Å²) in [4.78, 5) is 12.7. The molecule has 37 heavy (non-hydrogen) atoms. The van der Waals surface area contributed by atoms with Gasteiger partial charge in [-0.3, -0.25) is 14.6 Å². The minimum Gasteiger partial charge on any atom is -0.480 e. The average molecular weight is 528 g/mol. The molecule has 2 fully saturated rings. The zero-order valence-electron chi connectivity index (χ0n) is 20.7. The lowest BCUT2D eigenvalue weighted by molar-refractivity contribution is 0.122. The average Bonchev–Trinajstić information content (AvgIpc) is 3.43. The molecule has 5 rings (SSSR count). The van der Waals surface area contributed by atoms with Crippen molar-refractivity contribution in [2.75, 3.05) is 56.1 Å². The Kier molecular flexibility index (Phi) is 7.54. The molecular weight excluding hydrogens is 497 g/mol. The molecule has 0 aliphatic carbocycles. The molecule has 2 aliphatic heterocycles. The molecule has 196 valence electrons. The molecule has 9 nitrogen and oxygen atoms in total. The highest BCUT2D eigenvalue weighted by molar-refractivity contribution is 7.92. The number of hydrogen-bond acceptors (Lipinski definition) is 8. The topological polar surface area (TPSA) is 96.9 Å². The number of ether oxygens (including phenoxy) is 2. The number of rotatable bonds is 8. The first-order valence-corrected chi connectivity index (χ1v) is 13.8. The van der Waals surface area contributed by atoms with Crippen LogP contribution in [0.3, 0.4) is 0 Å². The van der Waals surface area contributed by atoms with E-state index in [1.54, 1.807) is 30.5 Å². The number of morpholine rings is 1. The van der Waals surface area contributed by atoms with Gasteiger partial charge in [0.15, 0.2) is 4.90 Å². The SMILES string of the molecule is COc1ncc(N2CCOCC2)cc1S(=O)(=O)Nc1ccnc(-c2ccc(CN3CCCC3)c(F)c2)c1. The van der Waals surface area contributed by atoms with E-state index in [1.807, 2.05) is 11.0 Å². The van der Waals surface area contributed by atoms with Gasteiger partial charge in [-0.2, -0.15) is 0 Å². The van der Waals surface area contributed by atoms with Crippen LogP contribution in [0.25, 0.3) is 11.3 Å². The van der Waals surface area contributed by atoms with Crippen LogP contribution in [-0.4, -0.2) is 69.8 Å². The van der Waals surface area contributed by atoms with Gasteiger partial charge in [0.05, 0.1) is 43.6 Å². The smallest absolute Gasteiger partial charge is 0.267 e. The van der Waals surface area contributed by atoms with Gasteiger partial charge in [0.1, 0.15) is 5.82 Å². The maximum absolute atomic E-state index is 14.9. The number of sulfonamides is 1. The van der Waals surface area contributed by atoms with Crippen molar-refractivity contribution in [1.29, 1.82) is 0 Å². The first-order chi connectivity index (χ1) is 17.9. The summed E-state index contributed by atoms with van der Waals surface area (Å²) in [6.45, 7) is 4.96. The van der Waals surface area contributed by atoms with E-state index in [0.29, 0.717) is 61.0 Å². The summed E-state index contributed by atoms with van der Waals surface area (Å²) < 4.78 is 54.8. The molecule has 0 unspecified atom stereocenters. The second-order valence-corrected chi connectivity index (χ2v) is 10.8. The fraction of sp³-hybridized carbons (Fsp3) is 0.385. The van der Waals surface area contributed by atoms with E-state index in [-0.39, 0.29) is 16.6 Å². The molecule has 0 spiro atoms. The highest BCUT2D eigenvalue weighted by Gasteiger charge is 2.24. The van der Waals surface area contributed by atoms with E-state index in [4.69, 9.17) is 9.47 Å². The first-order valence-electron chi connectivity index (χ1n) is 12.3. The lowest BCUT2D eigenvalue weighted by Crippen LogP contribution is -2.36. The van der Waals surface area contributed by atoms with Crippen LogP contribution in [0.15, 0.2) is 53.7 Å². The quantitative estimate of drug-likeness (QED) is 0.475. The maximum Gasteiger partial charge on any atom is 0.267 e. The summed E-state index contributed by atoms with van der Waals surface area (Å²) in [6.07, 6.45) is 5.37. The Morgan fingerprint density at radius 3 is 2.57 bits per heavy atom. The zero-order valence-corrected chi connectivity index (χ0v) is 21.5. The Labute approximate surface area is 216 Å². The summed E-state index contributed by atoms with van der Waals surface area (Å²) in [6, 6.07) is 9.72. The predicted octanol–water partition coefficient (Wildman–Crippen LogP) is 3.52. The Morgan fingerprint density at radius 1 is 1.05 bits per heavy atom. The van der Waals surface area contributed by atoms with Crippen molar-refractivity contribution in [3.05, 3.63) is 60.2 Å². The number of anilines is 2. The molecule has 3 aromatic rings. The van der Waals surface area contributed by atoms with Crippen LogP contribution >= 0.6 is 0 Å². The Morgan fingerprint density at radius 2 is 1.84 bits per heavy atom. The van der Waals surface area contributed by atoms with Crippen molar-refractivity contribution in [3.8, 4) is 17.1 Å². The van der Waals surface area contributed by atoms with Gasteiger partial charge in [0, 0.05) is 37.0 Å². The highest BCUT2D eigenvalue weighted by Crippen LogP contribution is 2.30. The maximum atomic E-state index is 14.9. The van der Waals surface area contributed by atoms with E-state index >= 15 is 0 Å². The standard InChI is InChI=1S/C26H30FN5O4S/c1-35-26-25(16-22(17-29-26)32-10-12-36-13-11-32)37(33,34)30-21-6-7-28-24(15-21)19-4-5-20(23(27)14-19)18-31-8-2-3-9-31/h4-7,14-17H,2-3,8-13,18H2,1H3,(H,28,30). The third-order valence-corrected chi connectivity index (χ3v) is 7.99. The number of hydrogen-bond donors (Lipinski definition) is 1. The lowest BCUT2D eigenvalue weighted by Gasteiger charge is -2.29. The monoisotopic (exact) mass is 527 g/mol. The van der Waals surface area contributed by atoms with Crippen molar-refractivity contribution in [3.63, 3.8) is 0 Å². The van der Waals surface area contributed by atoms with Crippen LogP contribution < -0.4 is 14.4 Å². The lowest BCUT2D eigenvalue weighted by atomic mass is 10.1. The van der Waals surface area contributed by atoms with Crippen molar-refractivity contribution < 1.29 is 22.3 Å². The summed E-state index contributed by atoms with van der Waals surface area (Å²) >= 11 is 0. The van der Waals surface area contributed by atoms with E-state index in [9.17, 15) is 12.8 Å². The highest BCUT2D eigenvalue weighted by atomic mass is 32.2. The third-order valence-electron chi connectivity index (χ3n) is 6.62. The van der Waals surface area contributed by atoms with E-state index in [1.165, 1.54) is 19.4 Å². The van der Waals surface area contributed by atoms with Crippen molar-refractivity contribution in [2.45, 2.75) is 24.3 Å². The molecule has 0 amide bonds. The Bertz CT molecular complexity index is 1360. The fourth-order valence-corrected chi connectivity index (χ4v) is 5.83. The van der Waals surface area contributed by atoms with Gasteiger partial charge in [-0.15, -0.1) is 0 Å². The normalized spacial score (nSPS) is 16.6. The van der Waals surface area contributed by atoms with Gasteiger partial charge in [-0.1, -0.05) is 12.1 Å². The number of methoxy groups -OCH3 is 1. The largest absolute Gasteiger partial charge is 0.480 e. The van der Waals surface area contributed by atoms with Crippen LogP contribution in [0.2, 0.25) is 0 Å². The molecule has 0 bridgehead atoms. The van der Waals surface area contributed by atoms with Crippen LogP contribution in [0.1, 0.15) is 18.4 Å². The number of benzene rings is 1. The van der Waals surface area contributed by atoms with Crippen molar-refractivity contribution >= 4 is 21.4 Å².